The molecule has 0 aliphatic carbocycles. The van der Waals surface area contributed by atoms with Crippen LogP contribution >= 0.6 is 23.4 Å². The first-order valence-corrected chi connectivity index (χ1v) is 9.58. The van der Waals surface area contributed by atoms with Crippen molar-refractivity contribution in [2.75, 3.05) is 17.3 Å². The minimum atomic E-state index is -3.29. The first kappa shape index (κ1) is 16.9. The van der Waals surface area contributed by atoms with Crippen molar-refractivity contribution in [1.82, 2.24) is 0 Å². The van der Waals surface area contributed by atoms with Crippen molar-refractivity contribution in [2.24, 2.45) is 0 Å². The fourth-order valence-electron chi connectivity index (χ4n) is 1.68. The van der Waals surface area contributed by atoms with Gasteiger partial charge in [0.25, 0.3) is 0 Å². The number of anilines is 1. The first-order chi connectivity index (χ1) is 10.3. The summed E-state index contributed by atoms with van der Waals surface area (Å²) in [7, 11) is -3.29. The number of carbonyl (C=O) groups is 1. The highest BCUT2D eigenvalue weighted by Gasteiger charge is 2.09. The molecule has 0 spiro atoms. The molecule has 0 saturated carbocycles. The molecule has 0 aliphatic heterocycles. The van der Waals surface area contributed by atoms with E-state index < -0.39 is 9.84 Å². The maximum absolute atomic E-state index is 11.9. The van der Waals surface area contributed by atoms with E-state index in [4.69, 9.17) is 11.6 Å². The Morgan fingerprint density at radius 1 is 1.18 bits per heavy atom. The van der Waals surface area contributed by atoms with Crippen LogP contribution in [0.4, 0.5) is 5.69 Å². The zero-order valence-electron chi connectivity index (χ0n) is 11.7. The smallest absolute Gasteiger partial charge is 0.234 e. The fraction of sp³-hybridized carbons (Fsp3) is 0.133. The van der Waals surface area contributed by atoms with E-state index in [2.05, 4.69) is 5.32 Å². The van der Waals surface area contributed by atoms with Crippen LogP contribution < -0.4 is 5.32 Å². The molecule has 2 aromatic rings. The number of halogens is 1. The normalized spacial score (nSPS) is 11.2. The second-order valence-corrected chi connectivity index (χ2v) is 8.09. The molecule has 4 nitrogen and oxygen atoms in total. The van der Waals surface area contributed by atoms with E-state index in [1.165, 1.54) is 23.9 Å². The first-order valence-electron chi connectivity index (χ1n) is 6.33. The van der Waals surface area contributed by atoms with E-state index in [-0.39, 0.29) is 16.6 Å². The van der Waals surface area contributed by atoms with Crippen molar-refractivity contribution in [3.05, 3.63) is 53.6 Å². The molecule has 7 heteroatoms. The molecule has 1 amide bonds. The zero-order valence-corrected chi connectivity index (χ0v) is 14.1. The highest BCUT2D eigenvalue weighted by Crippen LogP contribution is 2.21. The third-order valence-electron chi connectivity index (χ3n) is 2.73. The highest BCUT2D eigenvalue weighted by atomic mass is 35.5. The summed E-state index contributed by atoms with van der Waals surface area (Å²) in [6.07, 6.45) is 1.13. The van der Waals surface area contributed by atoms with Crippen molar-refractivity contribution < 1.29 is 13.2 Å². The summed E-state index contributed by atoms with van der Waals surface area (Å²) < 4.78 is 23.0. The van der Waals surface area contributed by atoms with Gasteiger partial charge in [0.15, 0.2) is 9.84 Å². The van der Waals surface area contributed by atoms with Gasteiger partial charge < -0.3 is 5.32 Å². The largest absolute Gasteiger partial charge is 0.325 e. The number of carbonyl (C=O) groups excluding carboxylic acids is 1. The summed E-state index contributed by atoms with van der Waals surface area (Å²) in [5.41, 5.74) is 0.463. The molecule has 2 rings (SSSR count). The van der Waals surface area contributed by atoms with Crippen LogP contribution in [0.25, 0.3) is 0 Å². The van der Waals surface area contributed by atoms with Gasteiger partial charge in [-0.2, -0.15) is 0 Å². The van der Waals surface area contributed by atoms with Gasteiger partial charge in [-0.3, -0.25) is 4.79 Å². The second-order valence-electron chi connectivity index (χ2n) is 4.59. The number of hydrogen-bond acceptors (Lipinski definition) is 4. The Morgan fingerprint density at radius 2 is 1.86 bits per heavy atom. The lowest BCUT2D eigenvalue weighted by Gasteiger charge is -2.07. The summed E-state index contributed by atoms with van der Waals surface area (Å²) in [5.74, 6) is 0.0238. The van der Waals surface area contributed by atoms with Crippen LogP contribution in [0.15, 0.2) is 58.3 Å². The standard InChI is InChI=1S/C15H14ClNO3S2/c1-22(19,20)14-4-2-3-12(9-14)17-15(18)10-21-13-7-5-11(16)6-8-13/h2-9H,10H2,1H3,(H,17,18). The van der Waals surface area contributed by atoms with Crippen molar-refractivity contribution in [3.8, 4) is 0 Å². The van der Waals surface area contributed by atoms with E-state index >= 15 is 0 Å². The lowest BCUT2D eigenvalue weighted by atomic mass is 10.3. The van der Waals surface area contributed by atoms with Gasteiger partial charge in [0.1, 0.15) is 0 Å². The molecule has 0 heterocycles. The summed E-state index contributed by atoms with van der Waals surface area (Å²) in [6.45, 7) is 0. The van der Waals surface area contributed by atoms with Gasteiger partial charge in [-0.25, -0.2) is 8.42 Å². The number of nitrogens with one attached hydrogen (secondary N) is 1. The number of benzene rings is 2. The fourth-order valence-corrected chi connectivity index (χ4v) is 3.17. The van der Waals surface area contributed by atoms with E-state index in [0.717, 1.165) is 11.2 Å². The molecule has 0 fully saturated rings. The molecular formula is C15H14ClNO3S2. The number of thioether (sulfide) groups is 1. The minimum Gasteiger partial charge on any atom is -0.325 e. The van der Waals surface area contributed by atoms with Crippen LogP contribution in [-0.4, -0.2) is 26.3 Å². The third-order valence-corrected chi connectivity index (χ3v) is 5.10. The summed E-state index contributed by atoms with van der Waals surface area (Å²) in [4.78, 5) is 13.0. The van der Waals surface area contributed by atoms with Gasteiger partial charge in [-0.05, 0) is 42.5 Å². The second kappa shape index (κ2) is 7.17. The van der Waals surface area contributed by atoms with E-state index in [9.17, 15) is 13.2 Å². The summed E-state index contributed by atoms with van der Waals surface area (Å²) >= 11 is 7.17. The summed E-state index contributed by atoms with van der Waals surface area (Å²) in [5, 5.41) is 3.33. The maximum Gasteiger partial charge on any atom is 0.234 e. The van der Waals surface area contributed by atoms with Crippen LogP contribution in [-0.2, 0) is 14.6 Å². The van der Waals surface area contributed by atoms with Crippen molar-refractivity contribution in [1.29, 1.82) is 0 Å². The predicted octanol–water partition coefficient (Wildman–Crippen LogP) is 3.47. The molecule has 0 aromatic heterocycles. The molecule has 0 saturated heterocycles. The molecule has 0 radical (unpaired) electrons. The molecular weight excluding hydrogens is 342 g/mol. The minimum absolute atomic E-state index is 0.177. The SMILES string of the molecule is CS(=O)(=O)c1cccc(NC(=O)CSc2ccc(Cl)cc2)c1. The Kier molecular flexibility index (Phi) is 5.50. The Bertz CT molecular complexity index is 774. The van der Waals surface area contributed by atoms with E-state index in [1.807, 2.05) is 12.1 Å². The van der Waals surface area contributed by atoms with Crippen LogP contribution in [0.1, 0.15) is 0 Å². The molecule has 0 unspecified atom stereocenters. The van der Waals surface area contributed by atoms with Gasteiger partial charge in [0.05, 0.1) is 10.6 Å². The number of hydrogen-bond donors (Lipinski definition) is 1. The van der Waals surface area contributed by atoms with Gasteiger partial charge in [-0.15, -0.1) is 11.8 Å². The monoisotopic (exact) mass is 355 g/mol. The predicted molar refractivity (Wildman–Crippen MR) is 90.4 cm³/mol. The van der Waals surface area contributed by atoms with E-state index in [0.29, 0.717) is 10.7 Å². The lowest BCUT2D eigenvalue weighted by molar-refractivity contribution is -0.113. The Morgan fingerprint density at radius 3 is 2.50 bits per heavy atom. The molecule has 2 aromatic carbocycles. The van der Waals surface area contributed by atoms with Gasteiger partial charge >= 0.3 is 0 Å². The Balaban J connectivity index is 1.96. The lowest BCUT2D eigenvalue weighted by Crippen LogP contribution is -2.14. The maximum atomic E-state index is 11.9. The van der Waals surface area contributed by atoms with Crippen LogP contribution in [0, 0.1) is 0 Å². The van der Waals surface area contributed by atoms with Crippen molar-refractivity contribution >= 4 is 44.8 Å². The Labute approximate surface area is 138 Å². The molecule has 116 valence electrons. The molecule has 22 heavy (non-hydrogen) atoms. The topological polar surface area (TPSA) is 63.2 Å². The summed E-state index contributed by atoms with van der Waals surface area (Å²) in [6, 6.07) is 13.4. The highest BCUT2D eigenvalue weighted by molar-refractivity contribution is 8.00. The van der Waals surface area contributed by atoms with Crippen LogP contribution in [0.5, 0.6) is 0 Å². The Hall–Kier alpha value is -1.50. The van der Waals surface area contributed by atoms with Gasteiger partial charge in [0, 0.05) is 21.9 Å². The zero-order chi connectivity index (χ0) is 16.2. The number of sulfone groups is 1. The molecule has 0 atom stereocenters. The van der Waals surface area contributed by atoms with Gasteiger partial charge in [0.2, 0.25) is 5.91 Å². The van der Waals surface area contributed by atoms with E-state index in [1.54, 1.807) is 24.3 Å². The average Bonchev–Trinajstić information content (AvgIpc) is 2.46. The molecule has 0 aliphatic rings. The number of amides is 1. The van der Waals surface area contributed by atoms with Crippen LogP contribution in [0.3, 0.4) is 0 Å². The quantitative estimate of drug-likeness (QED) is 0.834. The van der Waals surface area contributed by atoms with Crippen molar-refractivity contribution in [2.45, 2.75) is 9.79 Å². The number of rotatable bonds is 5. The molecule has 1 N–H and O–H groups in total. The third kappa shape index (κ3) is 5.05. The van der Waals surface area contributed by atoms with Gasteiger partial charge in [-0.1, -0.05) is 17.7 Å². The van der Waals surface area contributed by atoms with Crippen molar-refractivity contribution in [3.63, 3.8) is 0 Å². The van der Waals surface area contributed by atoms with Crippen LogP contribution in [0.2, 0.25) is 5.02 Å². The average molecular weight is 356 g/mol. The molecule has 0 bridgehead atoms.